The van der Waals surface area contributed by atoms with Crippen LogP contribution in [0.4, 0.5) is 5.69 Å². The molecule has 2 aromatic carbocycles. The number of carbonyl (C=O) groups is 1. The second-order valence-corrected chi connectivity index (χ2v) is 8.62. The molecular formula is C24H24ClN5O2. The third-order valence-electron chi connectivity index (χ3n) is 6.12. The van der Waals surface area contributed by atoms with Gasteiger partial charge in [-0.1, -0.05) is 35.4 Å². The first kappa shape index (κ1) is 20.6. The van der Waals surface area contributed by atoms with E-state index in [-0.39, 0.29) is 17.9 Å². The van der Waals surface area contributed by atoms with E-state index >= 15 is 0 Å². The van der Waals surface area contributed by atoms with Gasteiger partial charge in [-0.15, -0.1) is 0 Å². The Hall–Kier alpha value is -3.32. The smallest absolute Gasteiger partial charge is 0.277 e. The predicted molar refractivity (Wildman–Crippen MR) is 127 cm³/mol. The molecule has 0 radical (unpaired) electrons. The number of carbonyl (C=O) groups excluding carboxylic acids is 1. The fourth-order valence-electron chi connectivity index (χ4n) is 4.34. The van der Waals surface area contributed by atoms with Gasteiger partial charge < -0.3 is 14.8 Å². The zero-order valence-electron chi connectivity index (χ0n) is 17.8. The molecule has 8 heteroatoms. The average molecular weight is 450 g/mol. The summed E-state index contributed by atoms with van der Waals surface area (Å²) >= 11 is 6.30. The van der Waals surface area contributed by atoms with Crippen LogP contribution in [0.2, 0.25) is 5.02 Å². The standard InChI is InChI=1S/C24H24ClN5O2/c1-16-6-7-19-17(14-16)22-23(27-19)24(32)30(15-26-22)9-8-21(31)29-12-10-28(11-13-29)20-5-3-2-4-18(20)25/h2-7,14-15,27H,8-13H2,1H3. The number of fused-ring (bicyclic) bond motifs is 3. The van der Waals surface area contributed by atoms with Crippen LogP contribution in [-0.2, 0) is 11.3 Å². The van der Waals surface area contributed by atoms with Crippen molar-refractivity contribution >= 4 is 45.1 Å². The summed E-state index contributed by atoms with van der Waals surface area (Å²) in [5.74, 6) is 0.0445. The maximum atomic E-state index is 13.0. The summed E-state index contributed by atoms with van der Waals surface area (Å²) in [5, 5.41) is 1.67. The topological polar surface area (TPSA) is 74.2 Å². The highest BCUT2D eigenvalue weighted by Crippen LogP contribution is 2.26. The summed E-state index contributed by atoms with van der Waals surface area (Å²) in [4.78, 5) is 37.5. The lowest BCUT2D eigenvalue weighted by molar-refractivity contribution is -0.131. The number of halogens is 1. The van der Waals surface area contributed by atoms with Crippen molar-refractivity contribution in [1.82, 2.24) is 19.4 Å². The highest BCUT2D eigenvalue weighted by Gasteiger charge is 2.22. The van der Waals surface area contributed by atoms with Crippen LogP contribution in [-0.4, -0.2) is 51.5 Å². The quantitative estimate of drug-likeness (QED) is 0.516. The van der Waals surface area contributed by atoms with Crippen molar-refractivity contribution in [3.8, 4) is 0 Å². The van der Waals surface area contributed by atoms with E-state index in [0.717, 1.165) is 40.3 Å². The molecule has 0 aliphatic carbocycles. The summed E-state index contributed by atoms with van der Waals surface area (Å²) in [6.07, 6.45) is 1.81. The van der Waals surface area contributed by atoms with Crippen molar-refractivity contribution in [3.63, 3.8) is 0 Å². The van der Waals surface area contributed by atoms with Crippen LogP contribution >= 0.6 is 11.6 Å². The van der Waals surface area contributed by atoms with E-state index in [1.165, 1.54) is 4.57 Å². The number of rotatable bonds is 4. The Balaban J connectivity index is 1.25. The zero-order valence-corrected chi connectivity index (χ0v) is 18.6. The van der Waals surface area contributed by atoms with Gasteiger partial charge >= 0.3 is 0 Å². The molecule has 4 aromatic rings. The Morgan fingerprint density at radius 3 is 2.69 bits per heavy atom. The fourth-order valence-corrected chi connectivity index (χ4v) is 4.60. The Bertz CT molecular complexity index is 1370. The van der Waals surface area contributed by atoms with Crippen molar-refractivity contribution in [2.45, 2.75) is 19.9 Å². The molecule has 0 saturated carbocycles. The summed E-state index contributed by atoms with van der Waals surface area (Å²) in [6, 6.07) is 13.7. The lowest BCUT2D eigenvalue weighted by Crippen LogP contribution is -2.49. The first-order valence-electron chi connectivity index (χ1n) is 10.8. The van der Waals surface area contributed by atoms with Gasteiger partial charge in [0.1, 0.15) is 11.0 Å². The maximum absolute atomic E-state index is 13.0. The molecule has 32 heavy (non-hydrogen) atoms. The molecule has 164 valence electrons. The summed E-state index contributed by atoms with van der Waals surface area (Å²) in [6.45, 7) is 5.06. The highest BCUT2D eigenvalue weighted by atomic mass is 35.5. The Labute approximate surface area is 190 Å². The van der Waals surface area contributed by atoms with Crippen molar-refractivity contribution in [2.24, 2.45) is 0 Å². The minimum Gasteiger partial charge on any atom is -0.367 e. The van der Waals surface area contributed by atoms with Gasteiger partial charge in [-0.05, 0) is 31.2 Å². The lowest BCUT2D eigenvalue weighted by atomic mass is 10.2. The number of aryl methyl sites for hydroxylation is 2. The summed E-state index contributed by atoms with van der Waals surface area (Å²) in [5.41, 5.74) is 4.01. The molecule has 0 unspecified atom stereocenters. The number of aromatic nitrogens is 3. The van der Waals surface area contributed by atoms with Crippen molar-refractivity contribution in [2.75, 3.05) is 31.1 Å². The molecule has 1 amide bonds. The van der Waals surface area contributed by atoms with Crippen LogP contribution < -0.4 is 10.5 Å². The number of aromatic amines is 1. The first-order valence-corrected chi connectivity index (χ1v) is 11.1. The number of amides is 1. The largest absolute Gasteiger partial charge is 0.367 e. The minimum absolute atomic E-state index is 0.0445. The van der Waals surface area contributed by atoms with Crippen LogP contribution in [0, 0.1) is 6.92 Å². The van der Waals surface area contributed by atoms with Crippen LogP contribution in [0.25, 0.3) is 21.9 Å². The van der Waals surface area contributed by atoms with Crippen LogP contribution in [0.3, 0.4) is 0 Å². The van der Waals surface area contributed by atoms with Crippen LogP contribution in [0.15, 0.2) is 53.6 Å². The van der Waals surface area contributed by atoms with Gasteiger partial charge in [0.05, 0.1) is 17.0 Å². The van der Waals surface area contributed by atoms with Crippen molar-refractivity contribution < 1.29 is 4.79 Å². The Kier molecular flexibility index (Phi) is 5.35. The van der Waals surface area contributed by atoms with Crippen molar-refractivity contribution in [1.29, 1.82) is 0 Å². The van der Waals surface area contributed by atoms with Crippen LogP contribution in [0.1, 0.15) is 12.0 Å². The van der Waals surface area contributed by atoms with E-state index in [1.54, 1.807) is 6.33 Å². The van der Waals surface area contributed by atoms with Gasteiger partial charge in [0, 0.05) is 50.0 Å². The molecule has 1 saturated heterocycles. The van der Waals surface area contributed by atoms with Crippen LogP contribution in [0.5, 0.6) is 0 Å². The van der Waals surface area contributed by atoms with Gasteiger partial charge in [-0.2, -0.15) is 0 Å². The normalized spacial score (nSPS) is 14.4. The molecule has 3 heterocycles. The van der Waals surface area contributed by atoms with E-state index in [0.29, 0.717) is 30.7 Å². The first-order chi connectivity index (χ1) is 15.5. The fraction of sp³-hybridized carbons (Fsp3) is 0.292. The molecule has 1 aliphatic heterocycles. The molecule has 0 bridgehead atoms. The molecule has 0 atom stereocenters. The Morgan fingerprint density at radius 1 is 1.12 bits per heavy atom. The molecular weight excluding hydrogens is 426 g/mol. The van der Waals surface area contributed by atoms with E-state index in [2.05, 4.69) is 14.9 Å². The van der Waals surface area contributed by atoms with E-state index in [4.69, 9.17) is 11.6 Å². The van der Waals surface area contributed by atoms with Gasteiger partial charge in [-0.25, -0.2) is 4.98 Å². The third kappa shape index (κ3) is 3.73. The van der Waals surface area contributed by atoms with E-state index in [9.17, 15) is 9.59 Å². The van der Waals surface area contributed by atoms with Gasteiger partial charge in [0.25, 0.3) is 5.56 Å². The number of para-hydroxylation sites is 1. The monoisotopic (exact) mass is 449 g/mol. The number of nitrogens with zero attached hydrogens (tertiary/aromatic N) is 4. The van der Waals surface area contributed by atoms with E-state index in [1.807, 2.05) is 54.3 Å². The molecule has 1 fully saturated rings. The Morgan fingerprint density at radius 2 is 1.91 bits per heavy atom. The zero-order chi connectivity index (χ0) is 22.2. The highest BCUT2D eigenvalue weighted by molar-refractivity contribution is 6.33. The number of nitrogens with one attached hydrogen (secondary N) is 1. The average Bonchev–Trinajstić information content (AvgIpc) is 3.17. The summed E-state index contributed by atoms with van der Waals surface area (Å²) < 4.78 is 1.52. The molecule has 2 aromatic heterocycles. The molecule has 5 rings (SSSR count). The number of hydrogen-bond acceptors (Lipinski definition) is 4. The number of benzene rings is 2. The number of H-pyrrole nitrogens is 1. The lowest BCUT2D eigenvalue weighted by Gasteiger charge is -2.36. The third-order valence-corrected chi connectivity index (χ3v) is 6.44. The molecule has 1 aliphatic rings. The number of anilines is 1. The molecule has 7 nitrogen and oxygen atoms in total. The van der Waals surface area contributed by atoms with E-state index < -0.39 is 0 Å². The second kappa shape index (κ2) is 8.31. The molecule has 1 N–H and O–H groups in total. The summed E-state index contributed by atoms with van der Waals surface area (Å²) in [7, 11) is 0. The molecule has 0 spiro atoms. The maximum Gasteiger partial charge on any atom is 0.277 e. The SMILES string of the molecule is Cc1ccc2[nH]c3c(=O)n(CCC(=O)N4CCN(c5ccccc5Cl)CC4)cnc3c2c1. The number of hydrogen-bond donors (Lipinski definition) is 1. The minimum atomic E-state index is -0.153. The van der Waals surface area contributed by atoms with Gasteiger partial charge in [0.2, 0.25) is 5.91 Å². The number of piperazine rings is 1. The predicted octanol–water partition coefficient (Wildman–Crippen LogP) is 3.58. The van der Waals surface area contributed by atoms with Gasteiger partial charge in [-0.3, -0.25) is 14.2 Å². The van der Waals surface area contributed by atoms with Gasteiger partial charge in [0.15, 0.2) is 0 Å². The van der Waals surface area contributed by atoms with Crippen molar-refractivity contribution in [3.05, 3.63) is 69.7 Å². The second-order valence-electron chi connectivity index (χ2n) is 8.21.